The third-order valence-corrected chi connectivity index (χ3v) is 6.31. The zero-order valence-corrected chi connectivity index (χ0v) is 15.4. The Morgan fingerprint density at radius 1 is 1.12 bits per heavy atom. The lowest BCUT2D eigenvalue weighted by molar-refractivity contribution is -0.118. The van der Waals surface area contributed by atoms with E-state index in [4.69, 9.17) is 0 Å². The highest BCUT2D eigenvalue weighted by atomic mass is 79.9. The molecule has 2 N–H and O–H groups in total. The van der Waals surface area contributed by atoms with Crippen LogP contribution in [0.3, 0.4) is 0 Å². The Morgan fingerprint density at radius 2 is 1.88 bits per heavy atom. The Balaban J connectivity index is 1.66. The molecule has 0 bridgehead atoms. The molecule has 0 aliphatic carbocycles. The van der Waals surface area contributed by atoms with Crippen LogP contribution in [0.5, 0.6) is 0 Å². The molecule has 0 unspecified atom stereocenters. The number of para-hydroxylation sites is 1. The highest BCUT2D eigenvalue weighted by molar-refractivity contribution is 9.10. The summed E-state index contributed by atoms with van der Waals surface area (Å²) in [5.41, 5.74) is 5.80. The summed E-state index contributed by atoms with van der Waals surface area (Å²) in [5, 5.41) is 0.474. The molecule has 0 saturated carbocycles. The summed E-state index contributed by atoms with van der Waals surface area (Å²) in [6, 6.07) is 13.5. The molecular weight excluding hydrogens is 414 g/mol. The van der Waals surface area contributed by atoms with Crippen molar-refractivity contribution in [3.05, 3.63) is 53.0 Å². The molecule has 24 heavy (non-hydrogen) atoms. The zero-order chi connectivity index (χ0) is 17.2. The van der Waals surface area contributed by atoms with Gasteiger partial charge in [0, 0.05) is 4.47 Å². The van der Waals surface area contributed by atoms with Crippen LogP contribution in [-0.4, -0.2) is 25.1 Å². The summed E-state index contributed by atoms with van der Waals surface area (Å²) >= 11 is 4.76. The SMILES string of the molecule is O=C(CS(=O)(=O)c1ccccc1)NNc1nc2c(Br)cccc2s1. The fourth-order valence-corrected chi connectivity index (χ4v) is 4.60. The van der Waals surface area contributed by atoms with Crippen LogP contribution in [0.2, 0.25) is 0 Å². The van der Waals surface area contributed by atoms with Gasteiger partial charge in [-0.1, -0.05) is 35.6 Å². The van der Waals surface area contributed by atoms with Gasteiger partial charge in [-0.15, -0.1) is 0 Å². The number of hydrogen-bond donors (Lipinski definition) is 2. The zero-order valence-electron chi connectivity index (χ0n) is 12.2. The standard InChI is InChI=1S/C15H12BrN3O3S2/c16-11-7-4-8-12-14(11)17-15(23-12)19-18-13(20)9-24(21,22)10-5-2-1-3-6-10/h1-8H,9H2,(H,17,19)(H,18,20). The smallest absolute Gasteiger partial charge is 0.253 e. The summed E-state index contributed by atoms with van der Waals surface area (Å²) in [7, 11) is -3.67. The predicted molar refractivity (Wildman–Crippen MR) is 97.6 cm³/mol. The monoisotopic (exact) mass is 425 g/mol. The van der Waals surface area contributed by atoms with Crippen LogP contribution in [0.15, 0.2) is 57.9 Å². The fourth-order valence-electron chi connectivity index (χ4n) is 2.01. The molecule has 1 amide bonds. The fraction of sp³-hybridized carbons (Fsp3) is 0.0667. The maximum atomic E-state index is 12.1. The Bertz CT molecular complexity index is 988. The van der Waals surface area contributed by atoms with Gasteiger partial charge >= 0.3 is 0 Å². The molecule has 0 spiro atoms. The van der Waals surface area contributed by atoms with Crippen molar-refractivity contribution in [3.63, 3.8) is 0 Å². The van der Waals surface area contributed by atoms with Crippen LogP contribution in [0.25, 0.3) is 10.2 Å². The van der Waals surface area contributed by atoms with Gasteiger partial charge in [-0.2, -0.15) is 0 Å². The molecule has 3 rings (SSSR count). The highest BCUT2D eigenvalue weighted by Crippen LogP contribution is 2.30. The number of benzene rings is 2. The first-order valence-corrected chi connectivity index (χ1v) is 10.1. The van der Waals surface area contributed by atoms with E-state index in [0.717, 1.165) is 14.7 Å². The van der Waals surface area contributed by atoms with Crippen molar-refractivity contribution < 1.29 is 13.2 Å². The van der Waals surface area contributed by atoms with E-state index in [1.54, 1.807) is 18.2 Å². The molecule has 0 aliphatic rings. The Hall–Kier alpha value is -1.97. The lowest BCUT2D eigenvalue weighted by Gasteiger charge is -2.06. The van der Waals surface area contributed by atoms with Gasteiger partial charge in [0.15, 0.2) is 9.84 Å². The summed E-state index contributed by atoms with van der Waals surface area (Å²) in [6.45, 7) is 0. The first kappa shape index (κ1) is 16.9. The highest BCUT2D eigenvalue weighted by Gasteiger charge is 2.19. The molecule has 1 heterocycles. The molecule has 0 radical (unpaired) electrons. The van der Waals surface area contributed by atoms with Gasteiger partial charge in [-0.25, -0.2) is 13.4 Å². The Kier molecular flexibility index (Phi) is 4.83. The first-order chi connectivity index (χ1) is 11.5. The molecule has 0 aliphatic heterocycles. The van der Waals surface area contributed by atoms with Gasteiger partial charge < -0.3 is 0 Å². The van der Waals surface area contributed by atoms with Gasteiger partial charge in [-0.05, 0) is 40.2 Å². The van der Waals surface area contributed by atoms with Crippen molar-refractivity contribution in [2.75, 3.05) is 11.2 Å². The second-order valence-electron chi connectivity index (χ2n) is 4.85. The number of nitrogens with one attached hydrogen (secondary N) is 2. The lowest BCUT2D eigenvalue weighted by atomic mass is 10.3. The number of anilines is 1. The number of carbonyl (C=O) groups excluding carboxylic acids is 1. The van der Waals surface area contributed by atoms with Gasteiger partial charge in [0.1, 0.15) is 5.75 Å². The van der Waals surface area contributed by atoms with Crippen molar-refractivity contribution in [3.8, 4) is 0 Å². The first-order valence-electron chi connectivity index (χ1n) is 6.83. The number of hydrogen-bond acceptors (Lipinski definition) is 6. The van der Waals surface area contributed by atoms with E-state index < -0.39 is 21.5 Å². The number of carbonyl (C=O) groups is 1. The number of fused-ring (bicyclic) bond motifs is 1. The number of sulfone groups is 1. The lowest BCUT2D eigenvalue weighted by Crippen LogP contribution is -2.34. The number of hydrazine groups is 1. The molecule has 2 aromatic carbocycles. The minimum absolute atomic E-state index is 0.115. The van der Waals surface area contributed by atoms with Crippen LogP contribution >= 0.6 is 27.3 Å². The second kappa shape index (κ2) is 6.88. The molecule has 9 heteroatoms. The van der Waals surface area contributed by atoms with E-state index in [0.29, 0.717) is 5.13 Å². The van der Waals surface area contributed by atoms with Crippen LogP contribution in [-0.2, 0) is 14.6 Å². The third-order valence-electron chi connectivity index (χ3n) is 3.10. The van der Waals surface area contributed by atoms with E-state index in [1.807, 2.05) is 18.2 Å². The van der Waals surface area contributed by atoms with E-state index in [2.05, 4.69) is 31.8 Å². The van der Waals surface area contributed by atoms with Crippen molar-refractivity contribution in [1.29, 1.82) is 0 Å². The molecule has 6 nitrogen and oxygen atoms in total. The van der Waals surface area contributed by atoms with Crippen molar-refractivity contribution >= 4 is 58.4 Å². The summed E-state index contributed by atoms with van der Waals surface area (Å²) < 4.78 is 26.1. The van der Waals surface area contributed by atoms with Crippen LogP contribution in [0.4, 0.5) is 5.13 Å². The molecule has 124 valence electrons. The normalized spacial score (nSPS) is 11.4. The van der Waals surface area contributed by atoms with Crippen LogP contribution in [0, 0.1) is 0 Å². The average Bonchev–Trinajstić information content (AvgIpc) is 2.98. The van der Waals surface area contributed by atoms with E-state index in [1.165, 1.54) is 23.5 Å². The Labute approximate surface area is 150 Å². The van der Waals surface area contributed by atoms with Gasteiger partial charge in [0.2, 0.25) is 5.13 Å². The summed E-state index contributed by atoms with van der Waals surface area (Å²) in [5.74, 6) is -1.30. The maximum Gasteiger partial charge on any atom is 0.253 e. The molecule has 0 fully saturated rings. The van der Waals surface area contributed by atoms with E-state index in [9.17, 15) is 13.2 Å². The van der Waals surface area contributed by atoms with Crippen molar-refractivity contribution in [2.24, 2.45) is 0 Å². The predicted octanol–water partition coefficient (Wildman–Crippen LogP) is 2.98. The molecular formula is C15H12BrN3O3S2. The van der Waals surface area contributed by atoms with Crippen molar-refractivity contribution in [2.45, 2.75) is 4.90 Å². The minimum atomic E-state index is -3.67. The second-order valence-corrected chi connectivity index (χ2v) is 8.73. The summed E-state index contributed by atoms with van der Waals surface area (Å²) in [6.07, 6.45) is 0. The molecule has 0 atom stereocenters. The van der Waals surface area contributed by atoms with Crippen molar-refractivity contribution in [1.82, 2.24) is 10.4 Å². The van der Waals surface area contributed by atoms with Crippen LogP contribution in [0.1, 0.15) is 0 Å². The van der Waals surface area contributed by atoms with Gasteiger partial charge in [-0.3, -0.25) is 15.6 Å². The number of halogens is 1. The number of rotatable bonds is 5. The molecule has 0 saturated heterocycles. The number of nitrogens with zero attached hydrogens (tertiary/aromatic N) is 1. The van der Waals surface area contributed by atoms with E-state index >= 15 is 0 Å². The minimum Gasteiger partial charge on any atom is -0.273 e. The van der Waals surface area contributed by atoms with Crippen LogP contribution < -0.4 is 10.9 Å². The quantitative estimate of drug-likeness (QED) is 0.613. The number of aromatic nitrogens is 1. The summed E-state index contributed by atoms with van der Waals surface area (Å²) in [4.78, 5) is 16.4. The third kappa shape index (κ3) is 3.74. The van der Waals surface area contributed by atoms with Gasteiger partial charge in [0.25, 0.3) is 5.91 Å². The largest absolute Gasteiger partial charge is 0.273 e. The Morgan fingerprint density at radius 3 is 2.58 bits per heavy atom. The van der Waals surface area contributed by atoms with E-state index in [-0.39, 0.29) is 4.90 Å². The molecule has 1 aromatic heterocycles. The average molecular weight is 426 g/mol. The topological polar surface area (TPSA) is 88.2 Å². The molecule has 3 aromatic rings. The number of thiazole rings is 1. The number of amides is 1. The van der Waals surface area contributed by atoms with Gasteiger partial charge in [0.05, 0.1) is 15.1 Å². The maximum absolute atomic E-state index is 12.1.